The molecule has 2 saturated heterocycles. The highest BCUT2D eigenvalue weighted by molar-refractivity contribution is 8.01. The van der Waals surface area contributed by atoms with E-state index >= 15 is 0 Å². The molecule has 114 valence electrons. The number of nitrogens with zero attached hydrogens (tertiary/aromatic N) is 2. The number of hydrogen-bond donors (Lipinski definition) is 0. The molecule has 1 atom stereocenters. The summed E-state index contributed by atoms with van der Waals surface area (Å²) in [7, 11) is 0. The number of ether oxygens (including phenoxy) is 1. The van der Waals surface area contributed by atoms with Crippen molar-refractivity contribution in [3.05, 3.63) is 48.7 Å². The topological polar surface area (TPSA) is 55.6 Å². The minimum Gasteiger partial charge on any atom is -0.488 e. The molecule has 5 nitrogen and oxygen atoms in total. The number of amides is 1. The zero-order chi connectivity index (χ0) is 15.0. The summed E-state index contributed by atoms with van der Waals surface area (Å²) in [6.07, 6.45) is 6.17. The average molecular weight is 316 g/mol. The third-order valence-electron chi connectivity index (χ3n) is 4.09. The molecule has 6 heteroatoms. The SMILES string of the molecule is O=C(c1ccco1)N1CC2(C[C@@H](Oc3cccnc3)CS2)C1. The van der Waals surface area contributed by atoms with Crippen molar-refractivity contribution in [1.82, 2.24) is 9.88 Å². The molecule has 0 aromatic carbocycles. The summed E-state index contributed by atoms with van der Waals surface area (Å²) in [6, 6.07) is 7.25. The Morgan fingerprint density at radius 3 is 3.05 bits per heavy atom. The van der Waals surface area contributed by atoms with Crippen LogP contribution in [0, 0.1) is 0 Å². The molecule has 0 N–H and O–H groups in total. The zero-order valence-electron chi connectivity index (χ0n) is 12.0. The Morgan fingerprint density at radius 2 is 2.32 bits per heavy atom. The van der Waals surface area contributed by atoms with Gasteiger partial charge in [-0.2, -0.15) is 0 Å². The fourth-order valence-corrected chi connectivity index (χ4v) is 4.58. The molecule has 2 aliphatic rings. The second kappa shape index (κ2) is 5.35. The van der Waals surface area contributed by atoms with Gasteiger partial charge in [0, 0.05) is 31.5 Å². The molecule has 2 aliphatic heterocycles. The minimum atomic E-state index is -0.0205. The standard InChI is InChI=1S/C16H16N2O3S/c19-15(14-4-2-6-20-14)18-10-16(11-18)7-13(9-22-16)21-12-3-1-5-17-8-12/h1-6,8,13H,7,9-11H2/t13-/m1/s1. The first-order chi connectivity index (χ1) is 10.7. The van der Waals surface area contributed by atoms with Crippen LogP contribution in [0.3, 0.4) is 0 Å². The number of carbonyl (C=O) groups is 1. The maximum Gasteiger partial charge on any atom is 0.289 e. The molecule has 0 saturated carbocycles. The molecule has 2 fully saturated rings. The van der Waals surface area contributed by atoms with Crippen molar-refractivity contribution in [2.24, 2.45) is 0 Å². The van der Waals surface area contributed by atoms with Crippen molar-refractivity contribution >= 4 is 17.7 Å². The predicted octanol–water partition coefficient (Wildman–Crippen LogP) is 2.45. The van der Waals surface area contributed by atoms with Crippen molar-refractivity contribution in [3.8, 4) is 5.75 Å². The lowest BCUT2D eigenvalue weighted by Gasteiger charge is -2.46. The van der Waals surface area contributed by atoms with Crippen molar-refractivity contribution in [3.63, 3.8) is 0 Å². The first-order valence-corrected chi connectivity index (χ1v) is 8.26. The van der Waals surface area contributed by atoms with Gasteiger partial charge in [0.2, 0.25) is 0 Å². The van der Waals surface area contributed by atoms with Crippen LogP contribution in [0.5, 0.6) is 5.75 Å². The van der Waals surface area contributed by atoms with Crippen LogP contribution in [0.25, 0.3) is 0 Å². The summed E-state index contributed by atoms with van der Waals surface area (Å²) in [5, 5.41) is 0. The number of rotatable bonds is 3. The molecule has 4 rings (SSSR count). The van der Waals surface area contributed by atoms with Gasteiger partial charge in [-0.05, 0) is 24.3 Å². The quantitative estimate of drug-likeness (QED) is 0.870. The second-order valence-electron chi connectivity index (χ2n) is 5.77. The summed E-state index contributed by atoms with van der Waals surface area (Å²) >= 11 is 1.91. The summed E-state index contributed by atoms with van der Waals surface area (Å²) < 4.78 is 11.3. The van der Waals surface area contributed by atoms with Crippen molar-refractivity contribution in [2.45, 2.75) is 17.3 Å². The molecule has 1 amide bonds. The van der Waals surface area contributed by atoms with Gasteiger partial charge in [0.1, 0.15) is 11.9 Å². The highest BCUT2D eigenvalue weighted by atomic mass is 32.2. The first-order valence-electron chi connectivity index (χ1n) is 7.28. The van der Waals surface area contributed by atoms with E-state index in [9.17, 15) is 4.79 Å². The van der Waals surface area contributed by atoms with Crippen LogP contribution >= 0.6 is 11.8 Å². The van der Waals surface area contributed by atoms with E-state index in [2.05, 4.69) is 4.98 Å². The van der Waals surface area contributed by atoms with Gasteiger partial charge in [-0.25, -0.2) is 0 Å². The van der Waals surface area contributed by atoms with Gasteiger partial charge < -0.3 is 14.1 Å². The molecule has 22 heavy (non-hydrogen) atoms. The van der Waals surface area contributed by atoms with Gasteiger partial charge >= 0.3 is 0 Å². The van der Waals surface area contributed by atoms with Crippen LogP contribution in [0.15, 0.2) is 47.3 Å². The van der Waals surface area contributed by atoms with Crippen LogP contribution in [0.2, 0.25) is 0 Å². The summed E-state index contributed by atoms with van der Waals surface area (Å²) in [5.41, 5.74) is 0. The molecular formula is C16H16N2O3S. The molecule has 1 spiro atoms. The van der Waals surface area contributed by atoms with E-state index in [1.165, 1.54) is 6.26 Å². The maximum absolute atomic E-state index is 12.2. The van der Waals surface area contributed by atoms with E-state index in [1.54, 1.807) is 24.5 Å². The lowest BCUT2D eigenvalue weighted by Crippen LogP contribution is -2.60. The summed E-state index contributed by atoms with van der Waals surface area (Å²) in [5.74, 6) is 2.17. The Kier molecular flexibility index (Phi) is 3.33. The first kappa shape index (κ1) is 13.7. The Bertz CT molecular complexity index is 653. The monoisotopic (exact) mass is 316 g/mol. The lowest BCUT2D eigenvalue weighted by molar-refractivity contribution is 0.0487. The van der Waals surface area contributed by atoms with Gasteiger partial charge in [-0.15, -0.1) is 11.8 Å². The highest BCUT2D eigenvalue weighted by Crippen LogP contribution is 2.46. The fourth-order valence-electron chi connectivity index (χ4n) is 3.06. The van der Waals surface area contributed by atoms with Crippen LogP contribution in [0.1, 0.15) is 17.0 Å². The van der Waals surface area contributed by atoms with E-state index < -0.39 is 0 Å². The van der Waals surface area contributed by atoms with E-state index in [1.807, 2.05) is 28.8 Å². The number of carbonyl (C=O) groups excluding carboxylic acids is 1. The Labute approximate surface area is 132 Å². The molecular weight excluding hydrogens is 300 g/mol. The number of furan rings is 1. The Morgan fingerprint density at radius 1 is 1.41 bits per heavy atom. The third kappa shape index (κ3) is 2.47. The molecule has 0 radical (unpaired) electrons. The van der Waals surface area contributed by atoms with Crippen LogP contribution < -0.4 is 4.74 Å². The normalized spacial score (nSPS) is 22.5. The fraction of sp³-hybridized carbons (Fsp3) is 0.375. The van der Waals surface area contributed by atoms with E-state index in [0.29, 0.717) is 5.76 Å². The molecule has 0 aliphatic carbocycles. The lowest BCUT2D eigenvalue weighted by atomic mass is 9.92. The Hall–Kier alpha value is -1.95. The smallest absolute Gasteiger partial charge is 0.289 e. The number of pyridine rings is 1. The van der Waals surface area contributed by atoms with Gasteiger partial charge in [0.15, 0.2) is 5.76 Å². The van der Waals surface area contributed by atoms with Gasteiger partial charge in [0.25, 0.3) is 5.91 Å². The van der Waals surface area contributed by atoms with E-state index in [0.717, 1.165) is 31.0 Å². The number of thioether (sulfide) groups is 1. The van der Waals surface area contributed by atoms with Crippen molar-refractivity contribution < 1.29 is 13.9 Å². The zero-order valence-corrected chi connectivity index (χ0v) is 12.8. The number of aromatic nitrogens is 1. The second-order valence-corrected chi connectivity index (χ2v) is 7.25. The van der Waals surface area contributed by atoms with Crippen molar-refractivity contribution in [2.75, 3.05) is 18.8 Å². The van der Waals surface area contributed by atoms with Crippen LogP contribution in [0.4, 0.5) is 0 Å². The number of hydrogen-bond acceptors (Lipinski definition) is 5. The summed E-state index contributed by atoms with van der Waals surface area (Å²) in [6.45, 7) is 1.54. The minimum absolute atomic E-state index is 0.0205. The molecule has 2 aromatic heterocycles. The van der Waals surface area contributed by atoms with Crippen molar-refractivity contribution in [1.29, 1.82) is 0 Å². The van der Waals surface area contributed by atoms with Crippen LogP contribution in [-0.4, -0.2) is 45.5 Å². The summed E-state index contributed by atoms with van der Waals surface area (Å²) in [4.78, 5) is 18.1. The number of likely N-dealkylation sites (tertiary alicyclic amines) is 1. The van der Waals surface area contributed by atoms with Gasteiger partial charge in [0.05, 0.1) is 17.2 Å². The highest BCUT2D eigenvalue weighted by Gasteiger charge is 2.51. The van der Waals surface area contributed by atoms with E-state index in [4.69, 9.17) is 9.15 Å². The van der Waals surface area contributed by atoms with Gasteiger partial charge in [-0.1, -0.05) is 0 Å². The molecule has 4 heterocycles. The predicted molar refractivity (Wildman–Crippen MR) is 83.1 cm³/mol. The third-order valence-corrected chi connectivity index (χ3v) is 5.67. The van der Waals surface area contributed by atoms with Gasteiger partial charge in [-0.3, -0.25) is 9.78 Å². The Balaban J connectivity index is 1.33. The molecule has 0 bridgehead atoms. The maximum atomic E-state index is 12.2. The molecule has 0 unspecified atom stereocenters. The average Bonchev–Trinajstić information content (AvgIpc) is 3.16. The van der Waals surface area contributed by atoms with Crippen LogP contribution in [-0.2, 0) is 0 Å². The van der Waals surface area contributed by atoms with E-state index in [-0.39, 0.29) is 16.8 Å². The molecule has 2 aromatic rings. The largest absolute Gasteiger partial charge is 0.488 e.